The Balaban J connectivity index is 2.94. The van der Waals surface area contributed by atoms with Crippen molar-refractivity contribution in [2.75, 3.05) is 6.26 Å². The highest BCUT2D eigenvalue weighted by molar-refractivity contribution is 7.90. The number of ketones is 1. The topological polar surface area (TPSA) is 51.2 Å². The number of Topliss-reactive ketones (excluding diaryl/α,β-unsaturated/α-hetero) is 1. The van der Waals surface area contributed by atoms with Crippen molar-refractivity contribution in [2.24, 2.45) is 5.92 Å². The SMILES string of the molecule is CCC(CC)CC(=O)c1cccc(S(C)(=O)=O)c1. The molecule has 1 rings (SSSR count). The highest BCUT2D eigenvalue weighted by atomic mass is 32.2. The molecule has 0 amide bonds. The first kappa shape index (κ1) is 14.9. The second-order valence-electron chi connectivity index (χ2n) is 4.61. The Hall–Kier alpha value is -1.16. The second-order valence-corrected chi connectivity index (χ2v) is 6.63. The monoisotopic (exact) mass is 268 g/mol. The molecule has 0 spiro atoms. The molecule has 0 N–H and O–H groups in total. The molecule has 18 heavy (non-hydrogen) atoms. The maximum atomic E-state index is 12.1. The first-order valence-corrected chi connectivity index (χ1v) is 8.11. The summed E-state index contributed by atoms with van der Waals surface area (Å²) in [6.07, 6.45) is 3.57. The molecule has 0 saturated heterocycles. The Bertz CT molecular complexity index is 514. The lowest BCUT2D eigenvalue weighted by Gasteiger charge is -2.11. The van der Waals surface area contributed by atoms with Gasteiger partial charge in [-0.3, -0.25) is 4.79 Å². The average molecular weight is 268 g/mol. The van der Waals surface area contributed by atoms with Gasteiger partial charge < -0.3 is 0 Å². The van der Waals surface area contributed by atoms with Crippen LogP contribution >= 0.6 is 0 Å². The first-order valence-electron chi connectivity index (χ1n) is 6.21. The molecule has 0 bridgehead atoms. The third kappa shape index (κ3) is 3.95. The van der Waals surface area contributed by atoms with Crippen LogP contribution in [0, 0.1) is 5.92 Å². The molecule has 4 heteroatoms. The summed E-state index contributed by atoms with van der Waals surface area (Å²) in [7, 11) is -3.25. The molecule has 0 heterocycles. The van der Waals surface area contributed by atoms with Gasteiger partial charge in [-0.05, 0) is 18.1 Å². The van der Waals surface area contributed by atoms with Gasteiger partial charge in [0.15, 0.2) is 15.6 Å². The van der Waals surface area contributed by atoms with E-state index in [1.165, 1.54) is 12.1 Å². The Kier molecular flexibility index (Phi) is 5.08. The van der Waals surface area contributed by atoms with Crippen LogP contribution in [0.1, 0.15) is 43.5 Å². The van der Waals surface area contributed by atoms with Crippen LogP contribution in [0.5, 0.6) is 0 Å². The molecule has 1 aromatic carbocycles. The van der Waals surface area contributed by atoms with Crippen molar-refractivity contribution in [2.45, 2.75) is 38.0 Å². The molecule has 3 nitrogen and oxygen atoms in total. The lowest BCUT2D eigenvalue weighted by molar-refractivity contribution is 0.0958. The zero-order valence-corrected chi connectivity index (χ0v) is 12.0. The maximum absolute atomic E-state index is 12.1. The summed E-state index contributed by atoms with van der Waals surface area (Å²) >= 11 is 0. The Morgan fingerprint density at radius 1 is 1.22 bits per heavy atom. The predicted octanol–water partition coefficient (Wildman–Crippen LogP) is 3.10. The molecule has 0 aliphatic carbocycles. The lowest BCUT2D eigenvalue weighted by Crippen LogP contribution is -2.08. The van der Waals surface area contributed by atoms with Gasteiger partial charge in [0, 0.05) is 18.2 Å². The van der Waals surface area contributed by atoms with Crippen molar-refractivity contribution < 1.29 is 13.2 Å². The van der Waals surface area contributed by atoms with Crippen LogP contribution in [0.25, 0.3) is 0 Å². The molecule has 0 radical (unpaired) electrons. The molecule has 100 valence electrons. The molecule has 0 aliphatic heterocycles. The first-order chi connectivity index (χ1) is 8.38. The van der Waals surface area contributed by atoms with Gasteiger partial charge >= 0.3 is 0 Å². The maximum Gasteiger partial charge on any atom is 0.175 e. The molecule has 0 fully saturated rings. The third-order valence-electron chi connectivity index (χ3n) is 3.21. The highest BCUT2D eigenvalue weighted by Crippen LogP contribution is 2.18. The van der Waals surface area contributed by atoms with Gasteiger partial charge in [0.2, 0.25) is 0 Å². The summed E-state index contributed by atoms with van der Waals surface area (Å²) in [6, 6.07) is 6.29. The minimum Gasteiger partial charge on any atom is -0.294 e. The molecule has 0 atom stereocenters. The van der Waals surface area contributed by atoms with Crippen LogP contribution in [0.15, 0.2) is 29.2 Å². The molecule has 0 unspecified atom stereocenters. The van der Waals surface area contributed by atoms with Crippen molar-refractivity contribution >= 4 is 15.6 Å². The molecule has 0 aliphatic rings. The van der Waals surface area contributed by atoms with Crippen molar-refractivity contribution in [3.63, 3.8) is 0 Å². The van der Waals surface area contributed by atoms with Gasteiger partial charge in [0.25, 0.3) is 0 Å². The largest absolute Gasteiger partial charge is 0.294 e. The van der Waals surface area contributed by atoms with Gasteiger partial charge in [-0.1, -0.05) is 38.8 Å². The van der Waals surface area contributed by atoms with Crippen molar-refractivity contribution in [3.05, 3.63) is 29.8 Å². The lowest BCUT2D eigenvalue weighted by atomic mass is 9.94. The molecule has 1 aromatic rings. The van der Waals surface area contributed by atoms with Crippen LogP contribution in [0.2, 0.25) is 0 Å². The van der Waals surface area contributed by atoms with E-state index in [0.29, 0.717) is 17.9 Å². The molecular formula is C14H20O3S. The fourth-order valence-corrected chi connectivity index (χ4v) is 2.52. The standard InChI is InChI=1S/C14H20O3S/c1-4-11(5-2)9-14(15)12-7-6-8-13(10-12)18(3,16)17/h6-8,10-11H,4-5,9H2,1-3H3. The molecule has 0 saturated carbocycles. The number of sulfone groups is 1. The summed E-state index contributed by atoms with van der Waals surface area (Å²) < 4.78 is 22.9. The van der Waals surface area contributed by atoms with Gasteiger partial charge in [-0.15, -0.1) is 0 Å². The Morgan fingerprint density at radius 3 is 2.33 bits per heavy atom. The third-order valence-corrected chi connectivity index (χ3v) is 4.32. The van der Waals surface area contributed by atoms with Gasteiger partial charge in [0.05, 0.1) is 4.90 Å². The van der Waals surface area contributed by atoms with E-state index in [9.17, 15) is 13.2 Å². The fraction of sp³-hybridized carbons (Fsp3) is 0.500. The summed E-state index contributed by atoms with van der Waals surface area (Å²) in [5.41, 5.74) is 0.491. The quantitative estimate of drug-likeness (QED) is 0.745. The summed E-state index contributed by atoms with van der Waals surface area (Å²) in [5, 5.41) is 0. The van der Waals surface area contributed by atoms with Gasteiger partial charge in [0.1, 0.15) is 0 Å². The number of hydrogen-bond donors (Lipinski definition) is 0. The van der Waals surface area contributed by atoms with Crippen LogP contribution in [-0.4, -0.2) is 20.5 Å². The number of benzene rings is 1. The highest BCUT2D eigenvalue weighted by Gasteiger charge is 2.14. The number of carbonyl (C=O) groups is 1. The number of rotatable bonds is 6. The average Bonchev–Trinajstić information content (AvgIpc) is 2.34. The van der Waals surface area contributed by atoms with E-state index in [1.807, 2.05) is 0 Å². The van der Waals surface area contributed by atoms with E-state index in [-0.39, 0.29) is 10.7 Å². The van der Waals surface area contributed by atoms with Crippen LogP contribution in [-0.2, 0) is 9.84 Å². The second kappa shape index (κ2) is 6.14. The summed E-state index contributed by atoms with van der Waals surface area (Å²) in [6.45, 7) is 4.13. The minimum absolute atomic E-state index is 0.0224. The van der Waals surface area contributed by atoms with Crippen LogP contribution in [0.3, 0.4) is 0 Å². The summed E-state index contributed by atoms with van der Waals surface area (Å²) in [4.78, 5) is 12.3. The zero-order valence-electron chi connectivity index (χ0n) is 11.1. The molecule has 0 aromatic heterocycles. The van der Waals surface area contributed by atoms with Crippen molar-refractivity contribution in [1.82, 2.24) is 0 Å². The zero-order chi connectivity index (χ0) is 13.8. The van der Waals surface area contributed by atoms with Crippen molar-refractivity contribution in [3.8, 4) is 0 Å². The van der Waals surface area contributed by atoms with Gasteiger partial charge in [-0.25, -0.2) is 8.42 Å². The van der Waals surface area contributed by atoms with E-state index >= 15 is 0 Å². The Morgan fingerprint density at radius 2 is 1.83 bits per heavy atom. The van der Waals surface area contributed by atoms with E-state index in [2.05, 4.69) is 13.8 Å². The van der Waals surface area contributed by atoms with E-state index in [4.69, 9.17) is 0 Å². The van der Waals surface area contributed by atoms with Gasteiger partial charge in [-0.2, -0.15) is 0 Å². The fourth-order valence-electron chi connectivity index (χ4n) is 1.86. The van der Waals surface area contributed by atoms with Crippen molar-refractivity contribution in [1.29, 1.82) is 0 Å². The van der Waals surface area contributed by atoms with Crippen LogP contribution in [0.4, 0.5) is 0 Å². The Labute approximate surface area is 109 Å². The smallest absolute Gasteiger partial charge is 0.175 e. The number of carbonyl (C=O) groups excluding carboxylic acids is 1. The van der Waals surface area contributed by atoms with E-state index < -0.39 is 9.84 Å². The summed E-state index contributed by atoms with van der Waals surface area (Å²) in [5.74, 6) is 0.397. The predicted molar refractivity (Wildman–Crippen MR) is 72.6 cm³/mol. The number of hydrogen-bond acceptors (Lipinski definition) is 3. The van der Waals surface area contributed by atoms with E-state index in [0.717, 1.165) is 19.1 Å². The van der Waals surface area contributed by atoms with E-state index in [1.54, 1.807) is 12.1 Å². The van der Waals surface area contributed by atoms with Crippen LogP contribution < -0.4 is 0 Å². The molecular weight excluding hydrogens is 248 g/mol. The normalized spacial score (nSPS) is 11.8. The minimum atomic E-state index is -3.25.